The lowest BCUT2D eigenvalue weighted by Gasteiger charge is -2.52. The number of piperazine rings is 1. The molecule has 0 unspecified atom stereocenters. The zero-order chi connectivity index (χ0) is 25.6. The number of pyridine rings is 2. The maximum atomic E-state index is 15.7. The van der Waals surface area contributed by atoms with Crippen molar-refractivity contribution < 1.29 is 23.5 Å². The first-order valence-corrected chi connectivity index (χ1v) is 11.5. The van der Waals surface area contributed by atoms with Gasteiger partial charge in [0.15, 0.2) is 6.29 Å². The molecule has 0 atom stereocenters. The fourth-order valence-corrected chi connectivity index (χ4v) is 4.95. The standard InChI is InChI=1S/C24H24FN7O4/c1-30-3-4-31(21(34)12-30)11-14-5-17-22(28-18(14)13-33)32(16-7-24(17,25)8-16)23(35)29-20-6-19(36-2)15(9-26)10-27-20/h5-6,10,13,16H,3-4,7-8,11-12H2,1-2H3,(H,27,29,35). The van der Waals surface area contributed by atoms with E-state index in [0.29, 0.717) is 24.9 Å². The Bertz CT molecular complexity index is 1300. The monoisotopic (exact) mass is 493 g/mol. The molecule has 4 aliphatic rings. The van der Waals surface area contributed by atoms with Gasteiger partial charge < -0.3 is 9.64 Å². The summed E-state index contributed by atoms with van der Waals surface area (Å²) in [5, 5.41) is 11.8. The molecular weight excluding hydrogens is 469 g/mol. The van der Waals surface area contributed by atoms with Crippen molar-refractivity contribution in [2.75, 3.05) is 44.0 Å². The summed E-state index contributed by atoms with van der Waals surface area (Å²) in [6.07, 6.45) is 2.05. The quantitative estimate of drug-likeness (QED) is 0.624. The van der Waals surface area contributed by atoms with E-state index in [1.165, 1.54) is 24.3 Å². The third kappa shape index (κ3) is 3.91. The molecule has 1 aliphatic carbocycles. The number of nitrogens with zero attached hydrogens (tertiary/aromatic N) is 6. The average molecular weight is 493 g/mol. The first kappa shape index (κ1) is 23.6. The minimum absolute atomic E-state index is 0.0568. The van der Waals surface area contributed by atoms with Gasteiger partial charge in [0.1, 0.15) is 40.4 Å². The Balaban J connectivity index is 1.45. The Labute approximate surface area is 206 Å². The number of methoxy groups -OCH3 is 1. The lowest BCUT2D eigenvalue weighted by atomic mass is 9.68. The summed E-state index contributed by atoms with van der Waals surface area (Å²) in [5.41, 5.74) is -0.706. The molecule has 12 heteroatoms. The van der Waals surface area contributed by atoms with Crippen LogP contribution in [0.15, 0.2) is 18.3 Å². The van der Waals surface area contributed by atoms with Crippen LogP contribution in [0.1, 0.15) is 40.0 Å². The summed E-state index contributed by atoms with van der Waals surface area (Å²) in [6, 6.07) is 3.92. The molecule has 2 fully saturated rings. The molecule has 2 bridgehead atoms. The van der Waals surface area contributed by atoms with Crippen LogP contribution in [0.3, 0.4) is 0 Å². The Morgan fingerprint density at radius 1 is 1.39 bits per heavy atom. The van der Waals surface area contributed by atoms with Crippen LogP contribution >= 0.6 is 0 Å². The number of likely N-dealkylation sites (N-methyl/N-ethyl adjacent to an activating group) is 1. The molecule has 0 radical (unpaired) electrons. The van der Waals surface area contributed by atoms with E-state index in [1.807, 2.05) is 18.0 Å². The molecule has 0 spiro atoms. The minimum atomic E-state index is -1.65. The van der Waals surface area contributed by atoms with Crippen molar-refractivity contribution in [2.45, 2.75) is 31.1 Å². The SMILES string of the molecule is COc1cc(NC(=O)N2c3nc(C=O)c(CN4CCN(C)CC4=O)cc3C3(F)CC2C3)ncc1C#N. The van der Waals surface area contributed by atoms with E-state index in [9.17, 15) is 14.4 Å². The third-order valence-corrected chi connectivity index (χ3v) is 6.95. The molecular formula is C24H24FN7O4. The number of carbonyl (C=O) groups is 3. The van der Waals surface area contributed by atoms with Crippen LogP contribution < -0.4 is 15.0 Å². The second kappa shape index (κ2) is 8.83. The highest BCUT2D eigenvalue weighted by Crippen LogP contribution is 2.55. The summed E-state index contributed by atoms with van der Waals surface area (Å²) < 4.78 is 20.8. The second-order valence-corrected chi connectivity index (χ2v) is 9.28. The third-order valence-electron chi connectivity index (χ3n) is 6.95. The van der Waals surface area contributed by atoms with E-state index in [1.54, 1.807) is 11.0 Å². The highest BCUT2D eigenvalue weighted by Gasteiger charge is 2.57. The normalized spacial score (nSPS) is 22.8. The number of anilines is 2. The molecule has 1 saturated carbocycles. The van der Waals surface area contributed by atoms with Crippen molar-refractivity contribution in [1.82, 2.24) is 19.8 Å². The molecule has 0 aromatic carbocycles. The predicted octanol–water partition coefficient (Wildman–Crippen LogP) is 1.82. The smallest absolute Gasteiger partial charge is 0.328 e. The second-order valence-electron chi connectivity index (χ2n) is 9.28. The number of rotatable bonds is 5. The Kier molecular flexibility index (Phi) is 5.80. The van der Waals surface area contributed by atoms with E-state index in [0.717, 1.165) is 0 Å². The van der Waals surface area contributed by atoms with Gasteiger partial charge in [-0.05, 0) is 13.1 Å². The van der Waals surface area contributed by atoms with Crippen LogP contribution in [0.5, 0.6) is 5.75 Å². The minimum Gasteiger partial charge on any atom is -0.495 e. The predicted molar refractivity (Wildman–Crippen MR) is 125 cm³/mol. The van der Waals surface area contributed by atoms with Crippen molar-refractivity contribution in [1.29, 1.82) is 5.26 Å². The van der Waals surface area contributed by atoms with Crippen molar-refractivity contribution in [3.63, 3.8) is 0 Å². The fraction of sp³-hybridized carbons (Fsp3) is 0.417. The lowest BCUT2D eigenvalue weighted by Crippen LogP contribution is -2.60. The summed E-state index contributed by atoms with van der Waals surface area (Å²) >= 11 is 0. The van der Waals surface area contributed by atoms with Gasteiger partial charge in [-0.15, -0.1) is 0 Å². The van der Waals surface area contributed by atoms with Crippen molar-refractivity contribution in [3.8, 4) is 11.8 Å². The van der Waals surface area contributed by atoms with E-state index < -0.39 is 17.7 Å². The molecule has 5 heterocycles. The molecule has 186 valence electrons. The highest BCUT2D eigenvalue weighted by atomic mass is 19.1. The van der Waals surface area contributed by atoms with Crippen molar-refractivity contribution in [3.05, 3.63) is 40.7 Å². The molecule has 3 amide bonds. The molecule has 2 aromatic heterocycles. The fourth-order valence-electron chi connectivity index (χ4n) is 4.95. The van der Waals surface area contributed by atoms with Gasteiger partial charge in [-0.2, -0.15) is 5.26 Å². The number of hydrogen-bond acceptors (Lipinski definition) is 8. The number of nitriles is 1. The first-order valence-electron chi connectivity index (χ1n) is 11.5. The van der Waals surface area contributed by atoms with Crippen LogP contribution in [0.2, 0.25) is 0 Å². The maximum Gasteiger partial charge on any atom is 0.328 e. The Morgan fingerprint density at radius 2 is 2.17 bits per heavy atom. The van der Waals surface area contributed by atoms with Gasteiger partial charge in [0.05, 0.1) is 19.9 Å². The number of ether oxygens (including phenoxy) is 1. The summed E-state index contributed by atoms with van der Waals surface area (Å²) in [6.45, 7) is 1.59. The van der Waals surface area contributed by atoms with Gasteiger partial charge in [-0.3, -0.25) is 24.7 Å². The number of amides is 3. The molecule has 6 rings (SSSR count). The zero-order valence-electron chi connectivity index (χ0n) is 19.8. The molecule has 36 heavy (non-hydrogen) atoms. The van der Waals surface area contributed by atoms with E-state index in [4.69, 9.17) is 10.00 Å². The van der Waals surface area contributed by atoms with Crippen LogP contribution in [0, 0.1) is 11.3 Å². The van der Waals surface area contributed by atoms with Crippen LogP contribution in [-0.4, -0.2) is 77.8 Å². The lowest BCUT2D eigenvalue weighted by molar-refractivity contribution is -0.136. The highest BCUT2D eigenvalue weighted by molar-refractivity contribution is 6.03. The first-order chi connectivity index (χ1) is 17.3. The van der Waals surface area contributed by atoms with Gasteiger partial charge in [-0.1, -0.05) is 0 Å². The van der Waals surface area contributed by atoms with Gasteiger partial charge in [0.2, 0.25) is 5.91 Å². The van der Waals surface area contributed by atoms with Gasteiger partial charge in [0, 0.05) is 55.7 Å². The topological polar surface area (TPSA) is 132 Å². The Morgan fingerprint density at radius 3 is 2.83 bits per heavy atom. The molecule has 3 aliphatic heterocycles. The molecule has 11 nitrogen and oxygen atoms in total. The zero-order valence-corrected chi connectivity index (χ0v) is 19.8. The molecule has 2 aromatic rings. The number of halogens is 1. The van der Waals surface area contributed by atoms with E-state index in [2.05, 4.69) is 15.3 Å². The van der Waals surface area contributed by atoms with Gasteiger partial charge in [0.25, 0.3) is 0 Å². The number of aldehydes is 1. The number of urea groups is 1. The Hall–Kier alpha value is -4.11. The van der Waals surface area contributed by atoms with E-state index in [-0.39, 0.29) is 66.0 Å². The number of hydrogen-bond donors (Lipinski definition) is 1. The van der Waals surface area contributed by atoms with E-state index >= 15 is 4.39 Å². The number of nitrogens with one attached hydrogen (secondary N) is 1. The summed E-state index contributed by atoms with van der Waals surface area (Å²) in [7, 11) is 3.26. The largest absolute Gasteiger partial charge is 0.495 e. The van der Waals surface area contributed by atoms with Gasteiger partial charge in [-0.25, -0.2) is 19.2 Å². The number of alkyl halides is 1. The van der Waals surface area contributed by atoms with Crippen molar-refractivity contribution >= 4 is 29.9 Å². The molecule has 1 saturated heterocycles. The van der Waals surface area contributed by atoms with Crippen LogP contribution in [-0.2, 0) is 17.0 Å². The average Bonchev–Trinajstić information content (AvgIpc) is 2.84. The van der Waals surface area contributed by atoms with Crippen LogP contribution in [0.4, 0.5) is 20.8 Å². The van der Waals surface area contributed by atoms with Crippen molar-refractivity contribution in [2.24, 2.45) is 0 Å². The van der Waals surface area contributed by atoms with Crippen LogP contribution in [0.25, 0.3) is 0 Å². The van der Waals surface area contributed by atoms with Gasteiger partial charge >= 0.3 is 6.03 Å². The summed E-state index contributed by atoms with van der Waals surface area (Å²) in [5.74, 6) is 0.393. The number of aromatic nitrogens is 2. The number of carbonyl (C=O) groups excluding carboxylic acids is 3. The maximum absolute atomic E-state index is 15.7. The summed E-state index contributed by atoms with van der Waals surface area (Å²) in [4.78, 5) is 51.0. The molecule has 1 N–H and O–H groups in total.